The molecular weight excluding hydrogens is 400 g/mol. The van der Waals surface area contributed by atoms with Crippen LogP contribution in [0.4, 0.5) is 10.5 Å². The highest BCUT2D eigenvalue weighted by Gasteiger charge is 2.25. The summed E-state index contributed by atoms with van der Waals surface area (Å²) in [6.45, 7) is 4.86. The van der Waals surface area contributed by atoms with E-state index in [1.54, 1.807) is 12.0 Å². The molecular formula is C18H25BrN4O3. The Morgan fingerprint density at radius 2 is 1.77 bits per heavy atom. The summed E-state index contributed by atoms with van der Waals surface area (Å²) in [6, 6.07) is 5.35. The van der Waals surface area contributed by atoms with Gasteiger partial charge in [0.15, 0.2) is 0 Å². The summed E-state index contributed by atoms with van der Waals surface area (Å²) in [5.74, 6) is 0.829. The molecule has 0 bridgehead atoms. The van der Waals surface area contributed by atoms with Gasteiger partial charge in [0, 0.05) is 43.7 Å². The van der Waals surface area contributed by atoms with Gasteiger partial charge in [-0.2, -0.15) is 0 Å². The number of nitrogens with one attached hydrogen (secondary N) is 1. The largest absolute Gasteiger partial charge is 0.495 e. The molecule has 2 aliphatic heterocycles. The van der Waals surface area contributed by atoms with Crippen molar-refractivity contribution in [3.05, 3.63) is 22.7 Å². The molecule has 0 aromatic heterocycles. The third kappa shape index (κ3) is 4.67. The van der Waals surface area contributed by atoms with E-state index in [0.717, 1.165) is 30.4 Å². The van der Waals surface area contributed by atoms with Crippen LogP contribution in [0.3, 0.4) is 0 Å². The van der Waals surface area contributed by atoms with Gasteiger partial charge in [-0.05, 0) is 31.0 Å². The van der Waals surface area contributed by atoms with E-state index in [1.807, 2.05) is 23.1 Å². The lowest BCUT2D eigenvalue weighted by atomic mass is 10.3. The predicted molar refractivity (Wildman–Crippen MR) is 104 cm³/mol. The van der Waals surface area contributed by atoms with E-state index >= 15 is 0 Å². The number of amides is 3. The number of ether oxygens (including phenoxy) is 1. The Balaban J connectivity index is 1.49. The lowest BCUT2D eigenvalue weighted by Gasteiger charge is -2.35. The number of benzene rings is 1. The molecule has 3 amide bonds. The minimum atomic E-state index is -0.146. The zero-order valence-corrected chi connectivity index (χ0v) is 16.6. The number of carbonyl (C=O) groups excluding carboxylic acids is 2. The molecule has 0 atom stereocenters. The Bertz CT molecular complexity index is 656. The van der Waals surface area contributed by atoms with Crippen LogP contribution in [0, 0.1) is 0 Å². The van der Waals surface area contributed by atoms with Crippen LogP contribution in [0.15, 0.2) is 22.7 Å². The number of hydrogen-bond acceptors (Lipinski definition) is 4. The minimum Gasteiger partial charge on any atom is -0.495 e. The molecule has 2 saturated heterocycles. The molecule has 0 radical (unpaired) electrons. The van der Waals surface area contributed by atoms with Gasteiger partial charge in [0.05, 0.1) is 19.3 Å². The Morgan fingerprint density at radius 3 is 2.42 bits per heavy atom. The fraction of sp³-hybridized carbons (Fsp3) is 0.556. The fourth-order valence-electron chi connectivity index (χ4n) is 3.34. The Kier molecular flexibility index (Phi) is 6.37. The number of urea groups is 1. The zero-order chi connectivity index (χ0) is 18.5. The second kappa shape index (κ2) is 8.73. The normalized spacial score (nSPS) is 18.1. The molecule has 2 aliphatic rings. The maximum atomic E-state index is 12.5. The Hall–Kier alpha value is -1.80. The first-order valence-electron chi connectivity index (χ1n) is 8.96. The smallest absolute Gasteiger partial charge is 0.322 e. The van der Waals surface area contributed by atoms with Crippen LogP contribution in [0.1, 0.15) is 12.8 Å². The average Bonchev–Trinajstić information content (AvgIpc) is 3.17. The number of methoxy groups -OCH3 is 1. The number of carbonyl (C=O) groups is 2. The van der Waals surface area contributed by atoms with Gasteiger partial charge in [-0.1, -0.05) is 15.9 Å². The van der Waals surface area contributed by atoms with Gasteiger partial charge >= 0.3 is 6.03 Å². The summed E-state index contributed by atoms with van der Waals surface area (Å²) < 4.78 is 6.17. The third-order valence-corrected chi connectivity index (χ3v) is 5.37. The number of likely N-dealkylation sites (tertiary alicyclic amines) is 1. The van der Waals surface area contributed by atoms with Crippen LogP contribution in [-0.4, -0.2) is 79.6 Å². The van der Waals surface area contributed by atoms with Gasteiger partial charge < -0.3 is 19.9 Å². The first-order valence-corrected chi connectivity index (χ1v) is 9.75. The summed E-state index contributed by atoms with van der Waals surface area (Å²) >= 11 is 3.41. The standard InChI is InChI=1S/C18H25BrN4O3/c1-26-16-5-4-14(19)12-15(16)20-18(25)23-10-8-21(9-11-23)13-17(24)22-6-2-3-7-22/h4-5,12H,2-3,6-11,13H2,1H3,(H,20,25). The number of hydrogen-bond donors (Lipinski definition) is 1. The van der Waals surface area contributed by atoms with Crippen molar-refractivity contribution < 1.29 is 14.3 Å². The van der Waals surface area contributed by atoms with E-state index < -0.39 is 0 Å². The first-order chi connectivity index (χ1) is 12.6. The molecule has 8 heteroatoms. The molecule has 7 nitrogen and oxygen atoms in total. The van der Waals surface area contributed by atoms with Crippen LogP contribution in [0.25, 0.3) is 0 Å². The predicted octanol–water partition coefficient (Wildman–Crippen LogP) is 2.23. The van der Waals surface area contributed by atoms with Crippen molar-refractivity contribution in [1.29, 1.82) is 0 Å². The van der Waals surface area contributed by atoms with Gasteiger partial charge in [-0.25, -0.2) is 4.79 Å². The number of anilines is 1. The van der Waals surface area contributed by atoms with E-state index in [4.69, 9.17) is 4.74 Å². The summed E-state index contributed by atoms with van der Waals surface area (Å²) in [5, 5.41) is 2.91. The van der Waals surface area contributed by atoms with E-state index in [0.29, 0.717) is 44.2 Å². The summed E-state index contributed by atoms with van der Waals surface area (Å²) in [7, 11) is 1.58. The van der Waals surface area contributed by atoms with Gasteiger partial charge in [-0.3, -0.25) is 9.69 Å². The van der Waals surface area contributed by atoms with Crippen molar-refractivity contribution >= 4 is 33.6 Å². The topological polar surface area (TPSA) is 65.1 Å². The molecule has 0 aliphatic carbocycles. The molecule has 142 valence electrons. The van der Waals surface area contributed by atoms with Crippen molar-refractivity contribution in [3.63, 3.8) is 0 Å². The summed E-state index contributed by atoms with van der Waals surface area (Å²) in [6.07, 6.45) is 2.22. The van der Waals surface area contributed by atoms with Crippen LogP contribution in [0.5, 0.6) is 5.75 Å². The van der Waals surface area contributed by atoms with E-state index in [2.05, 4.69) is 26.1 Å². The highest BCUT2D eigenvalue weighted by atomic mass is 79.9. The van der Waals surface area contributed by atoms with E-state index in [9.17, 15) is 9.59 Å². The van der Waals surface area contributed by atoms with E-state index in [1.165, 1.54) is 0 Å². The molecule has 26 heavy (non-hydrogen) atoms. The Morgan fingerprint density at radius 1 is 1.08 bits per heavy atom. The maximum Gasteiger partial charge on any atom is 0.322 e. The van der Waals surface area contributed by atoms with Gasteiger partial charge in [0.25, 0.3) is 0 Å². The summed E-state index contributed by atoms with van der Waals surface area (Å²) in [5.41, 5.74) is 0.638. The molecule has 3 rings (SSSR count). The molecule has 1 N–H and O–H groups in total. The molecule has 0 unspecified atom stereocenters. The van der Waals surface area contributed by atoms with Gasteiger partial charge in [-0.15, -0.1) is 0 Å². The fourth-order valence-corrected chi connectivity index (χ4v) is 3.70. The van der Waals surface area contributed by atoms with Crippen molar-refractivity contribution in [2.45, 2.75) is 12.8 Å². The quantitative estimate of drug-likeness (QED) is 0.804. The number of rotatable bonds is 4. The SMILES string of the molecule is COc1ccc(Br)cc1NC(=O)N1CCN(CC(=O)N2CCCC2)CC1. The van der Waals surface area contributed by atoms with Crippen molar-refractivity contribution in [1.82, 2.24) is 14.7 Å². The van der Waals surface area contributed by atoms with E-state index in [-0.39, 0.29) is 11.9 Å². The van der Waals surface area contributed by atoms with Gasteiger partial charge in [0.2, 0.25) is 5.91 Å². The number of piperazine rings is 1. The molecule has 1 aromatic carbocycles. The van der Waals surface area contributed by atoms with Crippen LogP contribution >= 0.6 is 15.9 Å². The zero-order valence-electron chi connectivity index (χ0n) is 15.0. The average molecular weight is 425 g/mol. The monoisotopic (exact) mass is 424 g/mol. The first kappa shape index (κ1) is 19.0. The molecule has 0 saturated carbocycles. The third-order valence-electron chi connectivity index (χ3n) is 4.88. The van der Waals surface area contributed by atoms with Crippen molar-refractivity contribution in [2.24, 2.45) is 0 Å². The van der Waals surface area contributed by atoms with Gasteiger partial charge in [0.1, 0.15) is 5.75 Å². The molecule has 0 spiro atoms. The second-order valence-electron chi connectivity index (χ2n) is 6.63. The highest BCUT2D eigenvalue weighted by molar-refractivity contribution is 9.10. The molecule has 2 fully saturated rings. The molecule has 1 aromatic rings. The maximum absolute atomic E-state index is 12.5. The number of halogens is 1. The van der Waals surface area contributed by atoms with Crippen LogP contribution in [-0.2, 0) is 4.79 Å². The van der Waals surface area contributed by atoms with Crippen molar-refractivity contribution in [3.8, 4) is 5.75 Å². The minimum absolute atomic E-state index is 0.146. The molecule has 2 heterocycles. The van der Waals surface area contributed by atoms with Crippen LogP contribution in [0.2, 0.25) is 0 Å². The van der Waals surface area contributed by atoms with Crippen molar-refractivity contribution in [2.75, 3.05) is 58.2 Å². The van der Waals surface area contributed by atoms with Crippen LogP contribution < -0.4 is 10.1 Å². The second-order valence-corrected chi connectivity index (χ2v) is 7.54. The highest BCUT2D eigenvalue weighted by Crippen LogP contribution is 2.28. The summed E-state index contributed by atoms with van der Waals surface area (Å²) in [4.78, 5) is 30.6. The lowest BCUT2D eigenvalue weighted by molar-refractivity contribution is -0.131. The lowest BCUT2D eigenvalue weighted by Crippen LogP contribution is -2.52. The number of nitrogens with zero attached hydrogens (tertiary/aromatic N) is 3. The Labute approximate surface area is 162 Å².